The molecule has 4 aromatic rings. The number of nitrogens with one attached hydrogen (secondary N) is 1. The summed E-state index contributed by atoms with van der Waals surface area (Å²) in [4.78, 5) is 24.8. The molecule has 0 aliphatic heterocycles. The molecule has 0 saturated heterocycles. The van der Waals surface area contributed by atoms with Gasteiger partial charge in [0.1, 0.15) is 11.5 Å². The number of nitrogens with zero attached hydrogens (tertiary/aromatic N) is 3. The van der Waals surface area contributed by atoms with Crippen molar-refractivity contribution in [1.82, 2.24) is 19.4 Å². The molecule has 0 fully saturated rings. The Bertz CT molecular complexity index is 1240. The number of H-pyrrole nitrogens is 1. The summed E-state index contributed by atoms with van der Waals surface area (Å²) in [6.07, 6.45) is 4.41. The first-order valence-electron chi connectivity index (χ1n) is 9.69. The van der Waals surface area contributed by atoms with Crippen molar-refractivity contribution in [3.63, 3.8) is 0 Å². The van der Waals surface area contributed by atoms with Gasteiger partial charge in [-0.15, -0.1) is 0 Å². The highest BCUT2D eigenvalue weighted by Gasteiger charge is 2.17. The Morgan fingerprint density at radius 1 is 1.07 bits per heavy atom. The van der Waals surface area contributed by atoms with Crippen molar-refractivity contribution in [3.8, 4) is 11.5 Å². The van der Waals surface area contributed by atoms with Crippen LogP contribution < -0.4 is 15.0 Å². The number of hydrogen-bond donors (Lipinski definition) is 1. The molecule has 30 heavy (non-hydrogen) atoms. The van der Waals surface area contributed by atoms with Crippen LogP contribution >= 0.6 is 15.9 Å². The average Bonchev–Trinajstić information content (AvgIpc) is 3.11. The Hall–Kier alpha value is -2.87. The van der Waals surface area contributed by atoms with Gasteiger partial charge in [-0.2, -0.15) is 0 Å². The predicted molar refractivity (Wildman–Crippen MR) is 122 cm³/mol. The second-order valence-corrected chi connectivity index (χ2v) is 7.44. The number of ether oxygens (including phenoxy) is 2. The fraction of sp³-hybridized carbons (Fsp3) is 0.318. The number of aryl methyl sites for hydroxylation is 2. The van der Waals surface area contributed by atoms with Crippen molar-refractivity contribution >= 4 is 32.5 Å². The minimum absolute atomic E-state index is 0.239. The maximum absolute atomic E-state index is 12.6. The Morgan fingerprint density at radius 2 is 1.80 bits per heavy atom. The molecule has 0 bridgehead atoms. The summed E-state index contributed by atoms with van der Waals surface area (Å²) in [7, 11) is 3.07. The molecule has 0 spiro atoms. The predicted octanol–water partition coefficient (Wildman–Crippen LogP) is 4.58. The topological polar surface area (TPSA) is 81.5 Å². The lowest BCUT2D eigenvalue weighted by Crippen LogP contribution is -2.13. The zero-order chi connectivity index (χ0) is 22.0. The Kier molecular flexibility index (Phi) is 6.45. The Balaban J connectivity index is 0.00000124. The van der Waals surface area contributed by atoms with Crippen LogP contribution in [0.5, 0.6) is 11.5 Å². The number of aromatic nitrogens is 4. The summed E-state index contributed by atoms with van der Waals surface area (Å²) >= 11 is 3.49. The van der Waals surface area contributed by atoms with E-state index in [1.165, 1.54) is 18.2 Å². The van der Waals surface area contributed by atoms with E-state index in [1.54, 1.807) is 13.2 Å². The van der Waals surface area contributed by atoms with Crippen LogP contribution in [-0.2, 0) is 6.42 Å². The van der Waals surface area contributed by atoms with Crippen LogP contribution in [0.2, 0.25) is 0 Å². The molecular formula is C22H25BrN4O3. The first-order chi connectivity index (χ1) is 14.4. The van der Waals surface area contributed by atoms with Gasteiger partial charge >= 0.3 is 0 Å². The summed E-state index contributed by atoms with van der Waals surface area (Å²) in [5.41, 5.74) is 4.35. The minimum Gasteiger partial charge on any atom is -0.493 e. The molecule has 1 aromatic carbocycles. The Morgan fingerprint density at radius 3 is 2.47 bits per heavy atom. The van der Waals surface area contributed by atoms with Crippen molar-refractivity contribution in [3.05, 3.63) is 62.0 Å². The van der Waals surface area contributed by atoms with E-state index < -0.39 is 0 Å². The number of hydrogen-bond acceptors (Lipinski definition) is 5. The van der Waals surface area contributed by atoms with E-state index in [0.717, 1.165) is 11.3 Å². The number of methoxy groups -OCH3 is 2. The zero-order valence-electron chi connectivity index (χ0n) is 18.0. The van der Waals surface area contributed by atoms with Gasteiger partial charge in [0.25, 0.3) is 5.56 Å². The SMILES string of the molecule is CC.COc1cc2c(=O)[nH]c(Cc3cn4cc(C)c(C)cc4n3)nc2c(Br)c1OC. The quantitative estimate of drug-likeness (QED) is 0.469. The van der Waals surface area contributed by atoms with E-state index in [2.05, 4.69) is 44.7 Å². The van der Waals surface area contributed by atoms with E-state index >= 15 is 0 Å². The zero-order valence-corrected chi connectivity index (χ0v) is 19.5. The molecule has 0 atom stereocenters. The third-order valence-electron chi connectivity index (χ3n) is 4.79. The van der Waals surface area contributed by atoms with Crippen LogP contribution in [0, 0.1) is 13.8 Å². The molecule has 0 amide bonds. The maximum atomic E-state index is 12.6. The number of imidazole rings is 1. The second-order valence-electron chi connectivity index (χ2n) is 6.65. The largest absolute Gasteiger partial charge is 0.493 e. The van der Waals surface area contributed by atoms with Crippen molar-refractivity contribution < 1.29 is 9.47 Å². The molecule has 1 N–H and O–H groups in total. The summed E-state index contributed by atoms with van der Waals surface area (Å²) in [6, 6.07) is 3.67. The van der Waals surface area contributed by atoms with Crippen LogP contribution in [0.25, 0.3) is 16.6 Å². The molecule has 0 aliphatic rings. The van der Waals surface area contributed by atoms with Crippen molar-refractivity contribution in [2.75, 3.05) is 14.2 Å². The fourth-order valence-electron chi connectivity index (χ4n) is 3.21. The minimum atomic E-state index is -0.239. The lowest BCUT2D eigenvalue weighted by molar-refractivity contribution is 0.354. The van der Waals surface area contributed by atoms with E-state index in [1.807, 2.05) is 36.7 Å². The summed E-state index contributed by atoms with van der Waals surface area (Å²) < 4.78 is 13.3. The highest BCUT2D eigenvalue weighted by Crippen LogP contribution is 2.39. The van der Waals surface area contributed by atoms with Crippen molar-refractivity contribution in [2.24, 2.45) is 0 Å². The second kappa shape index (κ2) is 8.87. The van der Waals surface area contributed by atoms with Gasteiger partial charge in [0.15, 0.2) is 11.5 Å². The number of halogens is 1. The number of benzene rings is 1. The molecule has 8 heteroatoms. The summed E-state index contributed by atoms with van der Waals surface area (Å²) in [5, 5.41) is 0.425. The van der Waals surface area contributed by atoms with Gasteiger partial charge in [0, 0.05) is 18.8 Å². The van der Waals surface area contributed by atoms with Crippen molar-refractivity contribution in [1.29, 1.82) is 0 Å². The van der Waals surface area contributed by atoms with Gasteiger partial charge < -0.3 is 18.9 Å². The molecule has 3 aromatic heterocycles. The van der Waals surface area contributed by atoms with E-state index in [-0.39, 0.29) is 5.56 Å². The smallest absolute Gasteiger partial charge is 0.258 e. The van der Waals surface area contributed by atoms with Gasteiger partial charge in [-0.25, -0.2) is 9.97 Å². The van der Waals surface area contributed by atoms with Gasteiger partial charge in [0.05, 0.1) is 35.3 Å². The number of aromatic amines is 1. The molecule has 0 radical (unpaired) electrons. The van der Waals surface area contributed by atoms with E-state index in [0.29, 0.717) is 39.1 Å². The van der Waals surface area contributed by atoms with Gasteiger partial charge in [-0.3, -0.25) is 4.79 Å². The fourth-order valence-corrected chi connectivity index (χ4v) is 3.87. The molecule has 0 unspecified atom stereocenters. The van der Waals surface area contributed by atoms with Gasteiger partial charge in [-0.1, -0.05) is 13.8 Å². The van der Waals surface area contributed by atoms with E-state index in [9.17, 15) is 4.79 Å². The number of rotatable bonds is 4. The van der Waals surface area contributed by atoms with Crippen LogP contribution in [0.1, 0.15) is 36.5 Å². The molecule has 3 heterocycles. The maximum Gasteiger partial charge on any atom is 0.258 e. The van der Waals surface area contributed by atoms with E-state index in [4.69, 9.17) is 9.47 Å². The average molecular weight is 473 g/mol. The van der Waals surface area contributed by atoms with Crippen LogP contribution in [0.15, 0.2) is 33.8 Å². The molecular weight excluding hydrogens is 448 g/mol. The third-order valence-corrected chi connectivity index (χ3v) is 5.53. The van der Waals surface area contributed by atoms with Gasteiger partial charge in [-0.05, 0) is 53.0 Å². The first kappa shape index (κ1) is 21.8. The monoisotopic (exact) mass is 472 g/mol. The Labute approximate surface area is 183 Å². The van der Waals surface area contributed by atoms with Crippen LogP contribution in [-0.4, -0.2) is 33.6 Å². The lowest BCUT2D eigenvalue weighted by atomic mass is 10.2. The summed E-state index contributed by atoms with van der Waals surface area (Å²) in [6.45, 7) is 8.13. The van der Waals surface area contributed by atoms with Gasteiger partial charge in [0.2, 0.25) is 0 Å². The first-order valence-corrected chi connectivity index (χ1v) is 10.5. The number of fused-ring (bicyclic) bond motifs is 2. The normalized spacial score (nSPS) is 10.8. The van der Waals surface area contributed by atoms with Crippen molar-refractivity contribution in [2.45, 2.75) is 34.1 Å². The molecule has 4 rings (SSSR count). The van der Waals surface area contributed by atoms with Crippen LogP contribution in [0.3, 0.4) is 0 Å². The standard InChI is InChI=1S/C20H19BrN4O3.C2H6/c1-10-5-16-22-12(9-25(16)8-11(10)2)6-15-23-18-13(20(26)24-15)7-14(27-3)19(28-4)17(18)21;1-2/h5,7-9H,6H2,1-4H3,(H,23,24,26);1-2H3. The van der Waals surface area contributed by atoms with Crippen LogP contribution in [0.4, 0.5) is 0 Å². The molecule has 158 valence electrons. The number of pyridine rings is 1. The molecule has 7 nitrogen and oxygen atoms in total. The highest BCUT2D eigenvalue weighted by molar-refractivity contribution is 9.10. The lowest BCUT2D eigenvalue weighted by Gasteiger charge is -2.12. The molecule has 0 saturated carbocycles. The third kappa shape index (κ3) is 3.92. The highest BCUT2D eigenvalue weighted by atomic mass is 79.9. The summed E-state index contributed by atoms with van der Waals surface area (Å²) in [5.74, 6) is 1.49. The molecule has 0 aliphatic carbocycles.